The van der Waals surface area contributed by atoms with Gasteiger partial charge < -0.3 is 15.0 Å². The molecule has 1 amide bonds. The molecule has 0 spiro atoms. The number of halogens is 1. The van der Waals surface area contributed by atoms with Gasteiger partial charge in [0.15, 0.2) is 0 Å². The Morgan fingerprint density at radius 2 is 1.94 bits per heavy atom. The zero-order valence-corrected chi connectivity index (χ0v) is 18.6. The average Bonchev–Trinajstić information content (AvgIpc) is 2.83. The van der Waals surface area contributed by atoms with Gasteiger partial charge in [-0.25, -0.2) is 4.39 Å². The molecule has 172 valence electrons. The van der Waals surface area contributed by atoms with Crippen molar-refractivity contribution >= 4 is 28.3 Å². The minimum absolute atomic E-state index is 0.0119. The number of carbonyl (C=O) groups is 1. The molecule has 4 heterocycles. The van der Waals surface area contributed by atoms with Crippen LogP contribution in [0.5, 0.6) is 5.88 Å². The van der Waals surface area contributed by atoms with Crippen molar-refractivity contribution < 1.29 is 13.9 Å². The van der Waals surface area contributed by atoms with E-state index >= 15 is 0 Å². The second kappa shape index (κ2) is 9.70. The predicted octanol–water partition coefficient (Wildman–Crippen LogP) is 3.63. The molecule has 0 atom stereocenters. The van der Waals surface area contributed by atoms with Crippen molar-refractivity contribution in [2.75, 3.05) is 49.5 Å². The van der Waals surface area contributed by atoms with E-state index in [0.29, 0.717) is 24.7 Å². The molecule has 0 unspecified atom stereocenters. The van der Waals surface area contributed by atoms with Gasteiger partial charge in [0.05, 0.1) is 24.0 Å². The first kappa shape index (κ1) is 21.6. The highest BCUT2D eigenvalue weighted by Crippen LogP contribution is 2.26. The van der Waals surface area contributed by atoms with Crippen molar-refractivity contribution in [3.05, 3.63) is 54.0 Å². The van der Waals surface area contributed by atoms with Crippen LogP contribution in [0.4, 0.5) is 15.9 Å². The standard InChI is InChI=1S/C25H28FN5O2/c26-20-16-19-4-3-5-21(24(19)27-17-20)31-13-11-30(12-14-31)10-1-2-15-33-23-9-7-18-6-8-22(32)28-25(18)29-23/h3-5,7,9,16-17H,1-2,6,8,10-15H2,(H,28,29,32). The number of aryl methyl sites for hydroxylation is 1. The first-order chi connectivity index (χ1) is 16.2. The van der Waals surface area contributed by atoms with Gasteiger partial charge in [-0.3, -0.25) is 14.7 Å². The number of fused-ring (bicyclic) bond motifs is 2. The van der Waals surface area contributed by atoms with Crippen LogP contribution in [-0.4, -0.2) is 60.1 Å². The fourth-order valence-electron chi connectivity index (χ4n) is 4.50. The number of anilines is 2. The molecule has 3 aromatic rings. The zero-order valence-electron chi connectivity index (χ0n) is 18.6. The molecule has 0 aliphatic carbocycles. The van der Waals surface area contributed by atoms with E-state index in [2.05, 4.69) is 31.2 Å². The number of nitrogens with zero attached hydrogens (tertiary/aromatic N) is 4. The lowest BCUT2D eigenvalue weighted by Crippen LogP contribution is -2.46. The summed E-state index contributed by atoms with van der Waals surface area (Å²) in [5.41, 5.74) is 3.00. The van der Waals surface area contributed by atoms with Gasteiger partial charge in [-0.05, 0) is 49.6 Å². The zero-order chi connectivity index (χ0) is 22.6. The lowest BCUT2D eigenvalue weighted by atomic mass is 10.1. The molecule has 0 radical (unpaired) electrons. The Hall–Kier alpha value is -3.26. The number of ether oxygens (including phenoxy) is 1. The van der Waals surface area contributed by atoms with Crippen molar-refractivity contribution in [2.24, 2.45) is 0 Å². The van der Waals surface area contributed by atoms with Crippen LogP contribution in [0.15, 0.2) is 42.6 Å². The average molecular weight is 450 g/mol. The Labute approximate surface area is 192 Å². The third-order valence-electron chi connectivity index (χ3n) is 6.32. The predicted molar refractivity (Wildman–Crippen MR) is 126 cm³/mol. The number of nitrogens with one attached hydrogen (secondary N) is 1. The van der Waals surface area contributed by atoms with Crippen molar-refractivity contribution in [2.45, 2.75) is 25.7 Å². The molecule has 8 heteroatoms. The maximum atomic E-state index is 13.5. The van der Waals surface area contributed by atoms with E-state index in [4.69, 9.17) is 4.74 Å². The van der Waals surface area contributed by atoms with Crippen LogP contribution in [-0.2, 0) is 11.2 Å². The highest BCUT2D eigenvalue weighted by atomic mass is 19.1. The van der Waals surface area contributed by atoms with E-state index in [9.17, 15) is 9.18 Å². The maximum Gasteiger partial charge on any atom is 0.225 e. The normalized spacial score (nSPS) is 16.5. The molecule has 7 nitrogen and oxygen atoms in total. The van der Waals surface area contributed by atoms with E-state index in [0.717, 1.165) is 74.1 Å². The molecule has 2 aliphatic heterocycles. The van der Waals surface area contributed by atoms with Crippen LogP contribution in [0.3, 0.4) is 0 Å². The van der Waals surface area contributed by atoms with Gasteiger partial charge in [0.25, 0.3) is 0 Å². The quantitative estimate of drug-likeness (QED) is 0.556. The third-order valence-corrected chi connectivity index (χ3v) is 6.32. The summed E-state index contributed by atoms with van der Waals surface area (Å²) in [6.45, 7) is 5.48. The second-order valence-corrected chi connectivity index (χ2v) is 8.59. The lowest BCUT2D eigenvalue weighted by molar-refractivity contribution is -0.116. The topological polar surface area (TPSA) is 70.6 Å². The SMILES string of the molecule is O=C1CCc2ccc(OCCCCN3CCN(c4cccc5cc(F)cnc45)CC3)nc2N1. The van der Waals surface area contributed by atoms with Gasteiger partial charge in [0, 0.05) is 44.1 Å². The smallest absolute Gasteiger partial charge is 0.225 e. The number of piperazine rings is 1. The molecule has 2 aromatic heterocycles. The van der Waals surface area contributed by atoms with Gasteiger partial charge in [0.1, 0.15) is 11.6 Å². The highest BCUT2D eigenvalue weighted by Gasteiger charge is 2.19. The number of benzene rings is 1. The van der Waals surface area contributed by atoms with Crippen molar-refractivity contribution in [1.82, 2.24) is 14.9 Å². The number of aromatic nitrogens is 2. The summed E-state index contributed by atoms with van der Waals surface area (Å²) in [5.74, 6) is 0.904. The van der Waals surface area contributed by atoms with Crippen molar-refractivity contribution in [3.8, 4) is 5.88 Å². The minimum Gasteiger partial charge on any atom is -0.478 e. The number of amides is 1. The molecular weight excluding hydrogens is 421 g/mol. The van der Waals surface area contributed by atoms with Crippen LogP contribution < -0.4 is 15.0 Å². The Balaban J connectivity index is 1.05. The molecule has 1 aromatic carbocycles. The fraction of sp³-hybridized carbons (Fsp3) is 0.400. The summed E-state index contributed by atoms with van der Waals surface area (Å²) in [6, 6.07) is 11.4. The van der Waals surface area contributed by atoms with E-state index in [-0.39, 0.29) is 11.7 Å². The molecule has 5 rings (SSSR count). The van der Waals surface area contributed by atoms with E-state index in [1.807, 2.05) is 24.3 Å². The van der Waals surface area contributed by atoms with Crippen LogP contribution in [0.1, 0.15) is 24.8 Å². The van der Waals surface area contributed by atoms with E-state index in [1.54, 1.807) is 6.07 Å². The molecule has 1 N–H and O–H groups in total. The second-order valence-electron chi connectivity index (χ2n) is 8.59. The number of hydrogen-bond donors (Lipinski definition) is 1. The number of pyridine rings is 2. The molecule has 33 heavy (non-hydrogen) atoms. The summed E-state index contributed by atoms with van der Waals surface area (Å²) in [4.78, 5) is 25.1. The monoisotopic (exact) mass is 449 g/mol. The van der Waals surface area contributed by atoms with E-state index < -0.39 is 0 Å². The Kier molecular flexibility index (Phi) is 6.35. The van der Waals surface area contributed by atoms with Gasteiger partial charge in [-0.15, -0.1) is 0 Å². The molecule has 0 bridgehead atoms. The first-order valence-electron chi connectivity index (χ1n) is 11.6. The number of para-hydroxylation sites is 1. The lowest BCUT2D eigenvalue weighted by Gasteiger charge is -2.36. The molecular formula is C25H28FN5O2. The van der Waals surface area contributed by atoms with Gasteiger partial charge in [-0.2, -0.15) is 4.98 Å². The Morgan fingerprint density at radius 3 is 2.82 bits per heavy atom. The van der Waals surface area contributed by atoms with Gasteiger partial charge >= 0.3 is 0 Å². The summed E-state index contributed by atoms with van der Waals surface area (Å²) >= 11 is 0. The maximum absolute atomic E-state index is 13.5. The van der Waals surface area contributed by atoms with Gasteiger partial charge in [0.2, 0.25) is 11.8 Å². The molecule has 0 saturated carbocycles. The Morgan fingerprint density at radius 1 is 1.06 bits per heavy atom. The van der Waals surface area contributed by atoms with Crippen LogP contribution in [0.25, 0.3) is 10.9 Å². The van der Waals surface area contributed by atoms with Crippen molar-refractivity contribution in [1.29, 1.82) is 0 Å². The van der Waals surface area contributed by atoms with E-state index in [1.165, 1.54) is 6.20 Å². The summed E-state index contributed by atoms with van der Waals surface area (Å²) in [5, 5.41) is 3.65. The first-order valence-corrected chi connectivity index (χ1v) is 11.6. The molecule has 1 saturated heterocycles. The summed E-state index contributed by atoms with van der Waals surface area (Å²) in [6.07, 6.45) is 4.54. The Bertz CT molecular complexity index is 1150. The summed E-state index contributed by atoms with van der Waals surface area (Å²) in [7, 11) is 0. The highest BCUT2D eigenvalue weighted by molar-refractivity contribution is 5.93. The molecule has 2 aliphatic rings. The number of rotatable bonds is 7. The minimum atomic E-state index is -0.303. The summed E-state index contributed by atoms with van der Waals surface area (Å²) < 4.78 is 19.3. The fourth-order valence-corrected chi connectivity index (χ4v) is 4.50. The van der Waals surface area contributed by atoms with Crippen molar-refractivity contribution in [3.63, 3.8) is 0 Å². The van der Waals surface area contributed by atoms with Crippen LogP contribution in [0, 0.1) is 5.82 Å². The van der Waals surface area contributed by atoms with Crippen LogP contribution in [0.2, 0.25) is 0 Å². The number of carbonyl (C=O) groups excluding carboxylic acids is 1. The van der Waals surface area contributed by atoms with Gasteiger partial charge in [-0.1, -0.05) is 12.1 Å². The third kappa shape index (κ3) is 5.06. The van der Waals surface area contributed by atoms with Crippen LogP contribution >= 0.6 is 0 Å². The number of hydrogen-bond acceptors (Lipinski definition) is 6. The largest absolute Gasteiger partial charge is 0.478 e. The number of unbranched alkanes of at least 4 members (excludes halogenated alkanes) is 1. The molecule has 1 fully saturated rings.